The smallest absolute Gasteiger partial charge is 0.168 e. The Morgan fingerprint density at radius 1 is 1.33 bits per heavy atom. The van der Waals surface area contributed by atoms with Crippen LogP contribution in [0.2, 0.25) is 0 Å². The Balaban J connectivity index is 2.12. The molecule has 0 bridgehead atoms. The lowest BCUT2D eigenvalue weighted by Gasteiger charge is -2.06. The van der Waals surface area contributed by atoms with Crippen LogP contribution < -0.4 is 0 Å². The molecule has 0 N–H and O–H groups in total. The Kier molecular flexibility index (Phi) is 2.69. The molecule has 0 unspecified atom stereocenters. The number of ketones is 1. The van der Waals surface area contributed by atoms with E-state index < -0.39 is 0 Å². The summed E-state index contributed by atoms with van der Waals surface area (Å²) < 4.78 is 15.5. The molecule has 0 radical (unpaired) electrons. The van der Waals surface area contributed by atoms with Gasteiger partial charge in [-0.15, -0.1) is 0 Å². The monoisotopic (exact) mass is 245 g/mol. The number of carbonyl (C=O) groups is 1. The molecule has 1 aromatic carbocycles. The van der Waals surface area contributed by atoms with Crippen LogP contribution in [-0.4, -0.2) is 10.4 Å². The van der Waals surface area contributed by atoms with E-state index in [0.29, 0.717) is 11.1 Å². The minimum Gasteiger partial charge on any atom is -0.347 e. The Hall–Kier alpha value is -1.64. The molecule has 3 rings (SSSR count). The number of rotatable bonds is 2. The second-order valence-electron chi connectivity index (χ2n) is 5.14. The van der Waals surface area contributed by atoms with E-state index in [-0.39, 0.29) is 17.5 Å². The summed E-state index contributed by atoms with van der Waals surface area (Å²) >= 11 is 0. The van der Waals surface area contributed by atoms with Crippen LogP contribution in [0.3, 0.4) is 0 Å². The maximum Gasteiger partial charge on any atom is 0.168 e. The van der Waals surface area contributed by atoms with E-state index in [1.54, 1.807) is 23.9 Å². The topological polar surface area (TPSA) is 22.0 Å². The highest BCUT2D eigenvalue weighted by Crippen LogP contribution is 2.31. The van der Waals surface area contributed by atoms with E-state index >= 15 is 0 Å². The van der Waals surface area contributed by atoms with E-state index in [2.05, 4.69) is 0 Å². The molecule has 0 amide bonds. The van der Waals surface area contributed by atoms with E-state index in [9.17, 15) is 9.18 Å². The van der Waals surface area contributed by atoms with Gasteiger partial charge in [-0.3, -0.25) is 4.79 Å². The Morgan fingerprint density at radius 3 is 2.78 bits per heavy atom. The zero-order valence-corrected chi connectivity index (χ0v) is 10.4. The molecular formula is C15H16FNO. The van der Waals surface area contributed by atoms with Gasteiger partial charge in [0, 0.05) is 30.1 Å². The third kappa shape index (κ3) is 1.65. The molecule has 2 nitrogen and oxygen atoms in total. The van der Waals surface area contributed by atoms with Gasteiger partial charge in [-0.05, 0) is 18.9 Å². The zero-order valence-electron chi connectivity index (χ0n) is 10.4. The molecule has 0 atom stereocenters. The number of aromatic nitrogens is 1. The van der Waals surface area contributed by atoms with Gasteiger partial charge in [-0.25, -0.2) is 4.39 Å². The maximum absolute atomic E-state index is 13.8. The van der Waals surface area contributed by atoms with E-state index in [1.165, 1.54) is 6.07 Å². The predicted molar refractivity (Wildman–Crippen MR) is 69.2 cm³/mol. The lowest BCUT2D eigenvalue weighted by atomic mass is 9.96. The van der Waals surface area contributed by atoms with Gasteiger partial charge >= 0.3 is 0 Å². The molecule has 3 heteroatoms. The average Bonchev–Trinajstić information content (AvgIpc) is 2.97. The first-order valence-corrected chi connectivity index (χ1v) is 6.46. The third-order valence-corrected chi connectivity index (χ3v) is 3.94. The minimum atomic E-state index is -0.263. The molecule has 2 aromatic rings. The minimum absolute atomic E-state index is 0.138. The van der Waals surface area contributed by atoms with Crippen LogP contribution in [0.5, 0.6) is 0 Å². The second kappa shape index (κ2) is 4.23. The fourth-order valence-electron chi connectivity index (χ4n) is 3.02. The van der Waals surface area contributed by atoms with E-state index in [1.807, 2.05) is 6.07 Å². The number of hydrogen-bond donors (Lipinski definition) is 0. The van der Waals surface area contributed by atoms with Gasteiger partial charge in [0.25, 0.3) is 0 Å². The molecule has 1 aliphatic carbocycles. The van der Waals surface area contributed by atoms with Gasteiger partial charge in [0.1, 0.15) is 5.82 Å². The highest BCUT2D eigenvalue weighted by Gasteiger charge is 2.26. The Morgan fingerprint density at radius 2 is 2.06 bits per heavy atom. The van der Waals surface area contributed by atoms with E-state index in [0.717, 1.165) is 31.1 Å². The van der Waals surface area contributed by atoms with Gasteiger partial charge in [-0.1, -0.05) is 25.0 Å². The van der Waals surface area contributed by atoms with Gasteiger partial charge in [-0.2, -0.15) is 0 Å². The normalized spacial score (nSPS) is 16.6. The van der Waals surface area contributed by atoms with Gasteiger partial charge in [0.2, 0.25) is 0 Å². The summed E-state index contributed by atoms with van der Waals surface area (Å²) in [7, 11) is 1.79. The lowest BCUT2D eigenvalue weighted by Crippen LogP contribution is -2.10. The van der Waals surface area contributed by atoms with Crippen LogP contribution in [0.1, 0.15) is 36.0 Å². The van der Waals surface area contributed by atoms with Crippen molar-refractivity contribution in [3.05, 3.63) is 35.8 Å². The van der Waals surface area contributed by atoms with Gasteiger partial charge in [0.15, 0.2) is 5.78 Å². The van der Waals surface area contributed by atoms with Crippen molar-refractivity contribution >= 4 is 16.7 Å². The van der Waals surface area contributed by atoms with Crippen LogP contribution >= 0.6 is 0 Å². The third-order valence-electron chi connectivity index (χ3n) is 3.94. The zero-order chi connectivity index (χ0) is 12.7. The maximum atomic E-state index is 13.8. The van der Waals surface area contributed by atoms with Crippen molar-refractivity contribution in [3.63, 3.8) is 0 Å². The lowest BCUT2D eigenvalue weighted by molar-refractivity contribution is 0.0924. The highest BCUT2D eigenvalue weighted by atomic mass is 19.1. The fraction of sp³-hybridized carbons (Fsp3) is 0.400. The van der Waals surface area contributed by atoms with Gasteiger partial charge < -0.3 is 4.57 Å². The van der Waals surface area contributed by atoms with Crippen molar-refractivity contribution in [2.45, 2.75) is 25.7 Å². The first-order chi connectivity index (χ1) is 8.68. The van der Waals surface area contributed by atoms with Crippen LogP contribution in [0.4, 0.5) is 4.39 Å². The highest BCUT2D eigenvalue weighted by molar-refractivity contribution is 6.09. The first kappa shape index (κ1) is 11.5. The number of aryl methyl sites for hydroxylation is 1. The molecule has 94 valence electrons. The molecule has 18 heavy (non-hydrogen) atoms. The van der Waals surface area contributed by atoms with Crippen molar-refractivity contribution in [1.29, 1.82) is 0 Å². The molecular weight excluding hydrogens is 229 g/mol. The van der Waals surface area contributed by atoms with Crippen LogP contribution in [0.15, 0.2) is 24.4 Å². The van der Waals surface area contributed by atoms with Crippen LogP contribution in [-0.2, 0) is 7.05 Å². The molecule has 0 saturated heterocycles. The van der Waals surface area contributed by atoms with Gasteiger partial charge in [0.05, 0.1) is 5.52 Å². The number of hydrogen-bond acceptors (Lipinski definition) is 1. The van der Waals surface area contributed by atoms with Crippen LogP contribution in [0, 0.1) is 11.7 Å². The average molecular weight is 245 g/mol. The number of para-hydroxylation sites is 1. The Labute approximate surface area is 105 Å². The molecule has 1 fully saturated rings. The molecule has 0 spiro atoms. The largest absolute Gasteiger partial charge is 0.347 e. The number of fused-ring (bicyclic) bond motifs is 1. The van der Waals surface area contributed by atoms with E-state index in [4.69, 9.17) is 0 Å². The molecule has 0 aliphatic heterocycles. The standard InChI is InChI=1S/C15H16FNO/c1-17-9-12(15(18)10-5-2-3-6-10)11-7-4-8-13(16)14(11)17/h4,7-10H,2-3,5-6H2,1H3. The number of carbonyl (C=O) groups excluding carboxylic acids is 1. The van der Waals surface area contributed by atoms with Crippen molar-refractivity contribution in [3.8, 4) is 0 Å². The summed E-state index contributed by atoms with van der Waals surface area (Å²) in [4.78, 5) is 12.4. The number of Topliss-reactive ketones (excluding diaryl/α,β-unsaturated/α-hetero) is 1. The summed E-state index contributed by atoms with van der Waals surface area (Å²) in [6, 6.07) is 4.94. The summed E-state index contributed by atoms with van der Waals surface area (Å²) in [5.41, 5.74) is 1.21. The first-order valence-electron chi connectivity index (χ1n) is 6.46. The number of benzene rings is 1. The fourth-order valence-corrected chi connectivity index (χ4v) is 3.02. The molecule has 1 heterocycles. The Bertz CT molecular complexity index is 608. The summed E-state index contributed by atoms with van der Waals surface area (Å²) in [5, 5.41) is 0.745. The van der Waals surface area contributed by atoms with Crippen molar-refractivity contribution in [2.24, 2.45) is 13.0 Å². The SMILES string of the molecule is Cn1cc(C(=O)C2CCCC2)c2cccc(F)c21. The van der Waals surface area contributed by atoms with Crippen molar-refractivity contribution in [1.82, 2.24) is 4.57 Å². The summed E-state index contributed by atoms with van der Waals surface area (Å²) in [6.07, 6.45) is 5.99. The molecule has 1 aliphatic rings. The quantitative estimate of drug-likeness (QED) is 0.739. The molecule has 1 aromatic heterocycles. The second-order valence-corrected chi connectivity index (χ2v) is 5.14. The van der Waals surface area contributed by atoms with Crippen molar-refractivity contribution < 1.29 is 9.18 Å². The van der Waals surface area contributed by atoms with Crippen LogP contribution in [0.25, 0.3) is 10.9 Å². The molecule has 1 saturated carbocycles. The number of halogens is 1. The predicted octanol–water partition coefficient (Wildman–Crippen LogP) is 3.69. The number of nitrogens with zero attached hydrogens (tertiary/aromatic N) is 1. The van der Waals surface area contributed by atoms with Crippen molar-refractivity contribution in [2.75, 3.05) is 0 Å². The summed E-state index contributed by atoms with van der Waals surface area (Å²) in [6.45, 7) is 0. The summed E-state index contributed by atoms with van der Waals surface area (Å²) in [5.74, 6) is 0.0584.